The second-order valence-corrected chi connectivity index (χ2v) is 4.19. The molecule has 0 fully saturated rings. The van der Waals surface area contributed by atoms with E-state index in [0.717, 1.165) is 30.7 Å². The smallest absolute Gasteiger partial charge is 0.359 e. The number of halogens is 3. The van der Waals surface area contributed by atoms with Crippen LogP contribution in [-0.4, -0.2) is 5.78 Å². The number of alkyl halides is 3. The Morgan fingerprint density at radius 3 is 2.28 bits per heavy atom. The summed E-state index contributed by atoms with van der Waals surface area (Å²) in [4.78, 5) is 11.2. The summed E-state index contributed by atoms with van der Waals surface area (Å²) in [6.45, 7) is 0. The predicted octanol–water partition coefficient (Wildman–Crippen LogP) is 3.75. The lowest BCUT2D eigenvalue weighted by atomic mass is 10.0. The number of carbonyl (C=O) groups is 1. The summed E-state index contributed by atoms with van der Waals surface area (Å²) in [5.41, 5.74) is 0.636. The van der Waals surface area contributed by atoms with E-state index >= 15 is 0 Å². The first-order chi connectivity index (χ1) is 8.45. The Bertz CT molecular complexity index is 474. The van der Waals surface area contributed by atoms with E-state index in [2.05, 4.69) is 5.32 Å². The van der Waals surface area contributed by atoms with Crippen molar-refractivity contribution in [2.45, 2.75) is 25.4 Å². The van der Waals surface area contributed by atoms with Gasteiger partial charge in [0.25, 0.3) is 0 Å². The molecular weight excluding hydrogens is 243 g/mol. The van der Waals surface area contributed by atoms with Gasteiger partial charge in [-0.15, -0.1) is 0 Å². The topological polar surface area (TPSA) is 29.1 Å². The van der Waals surface area contributed by atoms with E-state index in [0.29, 0.717) is 12.1 Å². The third-order valence-electron chi connectivity index (χ3n) is 2.72. The second-order valence-electron chi connectivity index (χ2n) is 4.19. The van der Waals surface area contributed by atoms with Gasteiger partial charge in [-0.05, 0) is 37.1 Å². The molecule has 5 heteroatoms. The van der Waals surface area contributed by atoms with Crippen LogP contribution in [0.4, 0.5) is 18.9 Å². The summed E-state index contributed by atoms with van der Waals surface area (Å²) in [6.07, 6.45) is -0.747. The molecule has 0 amide bonds. The fraction of sp³-hybridized carbons (Fsp3) is 0.308. The van der Waals surface area contributed by atoms with Crippen LogP contribution in [0, 0.1) is 0 Å². The number of rotatable bonds is 2. The van der Waals surface area contributed by atoms with Crippen LogP contribution in [0.15, 0.2) is 36.0 Å². The number of carbonyl (C=O) groups excluding carboxylic acids is 1. The van der Waals surface area contributed by atoms with Gasteiger partial charge in [0.1, 0.15) is 0 Å². The molecule has 0 unspecified atom stereocenters. The van der Waals surface area contributed by atoms with Crippen molar-refractivity contribution >= 4 is 11.5 Å². The molecule has 2 nitrogen and oxygen atoms in total. The molecule has 0 saturated carbocycles. The van der Waals surface area contributed by atoms with Gasteiger partial charge < -0.3 is 5.32 Å². The zero-order valence-electron chi connectivity index (χ0n) is 9.55. The van der Waals surface area contributed by atoms with Crippen LogP contribution in [0.5, 0.6) is 0 Å². The average Bonchev–Trinajstić information content (AvgIpc) is 2.28. The molecular formula is C13H12F3NO. The lowest BCUT2D eigenvalue weighted by Crippen LogP contribution is -2.09. The minimum atomic E-state index is -4.32. The quantitative estimate of drug-likeness (QED) is 0.871. The Morgan fingerprint density at radius 2 is 1.72 bits per heavy atom. The molecule has 0 bridgehead atoms. The Balaban J connectivity index is 2.09. The van der Waals surface area contributed by atoms with E-state index in [4.69, 9.17) is 0 Å². The first-order valence-electron chi connectivity index (χ1n) is 5.63. The van der Waals surface area contributed by atoms with E-state index in [9.17, 15) is 18.0 Å². The molecule has 1 aliphatic rings. The van der Waals surface area contributed by atoms with Gasteiger partial charge in [-0.3, -0.25) is 4.79 Å². The van der Waals surface area contributed by atoms with Crippen molar-refractivity contribution in [3.8, 4) is 0 Å². The van der Waals surface area contributed by atoms with Crippen LogP contribution >= 0.6 is 0 Å². The van der Waals surface area contributed by atoms with Crippen LogP contribution in [0.3, 0.4) is 0 Å². The standard InChI is InChI=1S/C13H12F3NO/c14-13(15,16)9-4-6-10(7-5-9)17-11-2-1-3-12(18)8-11/h4-8,17H,1-3H2. The third kappa shape index (κ3) is 3.12. The first-order valence-corrected chi connectivity index (χ1v) is 5.63. The third-order valence-corrected chi connectivity index (χ3v) is 2.72. The average molecular weight is 255 g/mol. The van der Waals surface area contributed by atoms with Crippen molar-refractivity contribution in [2.24, 2.45) is 0 Å². The molecule has 0 spiro atoms. The van der Waals surface area contributed by atoms with E-state index in [1.165, 1.54) is 18.2 Å². The van der Waals surface area contributed by atoms with Gasteiger partial charge in [-0.2, -0.15) is 13.2 Å². The highest BCUT2D eigenvalue weighted by Gasteiger charge is 2.29. The van der Waals surface area contributed by atoms with Crippen LogP contribution < -0.4 is 5.32 Å². The van der Waals surface area contributed by atoms with Crippen molar-refractivity contribution in [2.75, 3.05) is 5.32 Å². The normalized spacial score (nSPS) is 16.4. The van der Waals surface area contributed by atoms with Crippen molar-refractivity contribution in [1.82, 2.24) is 0 Å². The van der Waals surface area contributed by atoms with Gasteiger partial charge in [0.05, 0.1) is 5.56 Å². The van der Waals surface area contributed by atoms with Crippen LogP contribution in [0.2, 0.25) is 0 Å². The number of hydrogen-bond acceptors (Lipinski definition) is 2. The van der Waals surface area contributed by atoms with Crippen molar-refractivity contribution in [3.63, 3.8) is 0 Å². The highest BCUT2D eigenvalue weighted by Crippen LogP contribution is 2.30. The molecule has 1 N–H and O–H groups in total. The highest BCUT2D eigenvalue weighted by atomic mass is 19.4. The molecule has 2 rings (SSSR count). The van der Waals surface area contributed by atoms with Crippen LogP contribution in [-0.2, 0) is 11.0 Å². The molecule has 0 aliphatic heterocycles. The Labute approximate surface area is 102 Å². The molecule has 0 atom stereocenters. The van der Waals surface area contributed by atoms with E-state index in [1.54, 1.807) is 0 Å². The first kappa shape index (κ1) is 12.7. The van der Waals surface area contributed by atoms with Gasteiger partial charge >= 0.3 is 6.18 Å². The van der Waals surface area contributed by atoms with E-state index in [1.807, 2.05) is 0 Å². The molecule has 18 heavy (non-hydrogen) atoms. The van der Waals surface area contributed by atoms with Gasteiger partial charge in [-0.1, -0.05) is 0 Å². The van der Waals surface area contributed by atoms with Crippen LogP contribution in [0.25, 0.3) is 0 Å². The fourth-order valence-electron chi connectivity index (χ4n) is 1.82. The number of anilines is 1. The number of ketones is 1. The molecule has 1 aliphatic carbocycles. The molecule has 96 valence electrons. The number of benzene rings is 1. The maximum Gasteiger partial charge on any atom is 0.416 e. The van der Waals surface area contributed by atoms with Gasteiger partial charge in [0.15, 0.2) is 5.78 Å². The SMILES string of the molecule is O=C1C=C(Nc2ccc(C(F)(F)F)cc2)CCC1. The Hall–Kier alpha value is -1.78. The lowest BCUT2D eigenvalue weighted by molar-refractivity contribution is -0.137. The maximum absolute atomic E-state index is 12.4. The molecule has 1 aromatic rings. The van der Waals surface area contributed by atoms with E-state index in [-0.39, 0.29) is 5.78 Å². The zero-order valence-corrected chi connectivity index (χ0v) is 9.55. The summed E-state index contributed by atoms with van der Waals surface area (Å²) in [5.74, 6) is 0.0515. The van der Waals surface area contributed by atoms with Gasteiger partial charge in [-0.25, -0.2) is 0 Å². The second kappa shape index (κ2) is 4.84. The minimum Gasteiger partial charge on any atom is -0.359 e. The summed E-state index contributed by atoms with van der Waals surface area (Å²) in [5, 5.41) is 2.96. The summed E-state index contributed by atoms with van der Waals surface area (Å²) in [7, 11) is 0. The summed E-state index contributed by atoms with van der Waals surface area (Å²) < 4.78 is 37.1. The van der Waals surface area contributed by atoms with Gasteiger partial charge in [0.2, 0.25) is 0 Å². The molecule has 0 saturated heterocycles. The molecule has 0 radical (unpaired) electrons. The maximum atomic E-state index is 12.4. The molecule has 1 aromatic carbocycles. The molecule has 0 aromatic heterocycles. The fourth-order valence-corrected chi connectivity index (χ4v) is 1.82. The summed E-state index contributed by atoms with van der Waals surface area (Å²) >= 11 is 0. The Kier molecular flexibility index (Phi) is 3.41. The number of nitrogens with one attached hydrogen (secondary N) is 1. The van der Waals surface area contributed by atoms with Gasteiger partial charge in [0, 0.05) is 23.9 Å². The van der Waals surface area contributed by atoms with Crippen LogP contribution in [0.1, 0.15) is 24.8 Å². The number of allylic oxidation sites excluding steroid dienone is 2. The molecule has 0 heterocycles. The zero-order chi connectivity index (χ0) is 13.2. The summed E-state index contributed by atoms with van der Waals surface area (Å²) in [6, 6.07) is 4.77. The van der Waals surface area contributed by atoms with Crippen molar-refractivity contribution in [3.05, 3.63) is 41.6 Å². The van der Waals surface area contributed by atoms with Crippen molar-refractivity contribution in [1.29, 1.82) is 0 Å². The monoisotopic (exact) mass is 255 g/mol. The minimum absolute atomic E-state index is 0.0515. The van der Waals surface area contributed by atoms with Crippen molar-refractivity contribution < 1.29 is 18.0 Å². The lowest BCUT2D eigenvalue weighted by Gasteiger charge is -2.15. The number of hydrogen-bond donors (Lipinski definition) is 1. The van der Waals surface area contributed by atoms with E-state index < -0.39 is 11.7 Å². The Morgan fingerprint density at radius 1 is 1.06 bits per heavy atom. The largest absolute Gasteiger partial charge is 0.416 e. The highest BCUT2D eigenvalue weighted by molar-refractivity contribution is 5.91. The predicted molar refractivity (Wildman–Crippen MR) is 62.0 cm³/mol.